The van der Waals surface area contributed by atoms with Gasteiger partial charge < -0.3 is 9.47 Å². The Labute approximate surface area is 130 Å². The van der Waals surface area contributed by atoms with Crippen molar-refractivity contribution < 1.29 is 4.79 Å². The molecule has 0 radical (unpaired) electrons. The molecule has 0 spiro atoms. The van der Waals surface area contributed by atoms with Crippen molar-refractivity contribution in [2.75, 3.05) is 13.1 Å². The summed E-state index contributed by atoms with van der Waals surface area (Å²) in [7, 11) is 0. The van der Waals surface area contributed by atoms with Crippen molar-refractivity contribution in [1.29, 1.82) is 0 Å². The summed E-state index contributed by atoms with van der Waals surface area (Å²) in [5, 5.41) is 0. The van der Waals surface area contributed by atoms with Gasteiger partial charge in [-0.3, -0.25) is 9.59 Å². The van der Waals surface area contributed by atoms with Crippen molar-refractivity contribution in [2.24, 2.45) is 0 Å². The van der Waals surface area contributed by atoms with Crippen molar-refractivity contribution in [2.45, 2.75) is 25.8 Å². The molecule has 1 amide bonds. The molecule has 1 aromatic carbocycles. The molecule has 1 aliphatic heterocycles. The Morgan fingerprint density at radius 1 is 0.955 bits per heavy atom. The van der Waals surface area contributed by atoms with Gasteiger partial charge in [-0.2, -0.15) is 0 Å². The van der Waals surface area contributed by atoms with Crippen molar-refractivity contribution in [3.05, 3.63) is 70.1 Å². The monoisotopic (exact) mass is 296 g/mol. The van der Waals surface area contributed by atoms with Gasteiger partial charge in [0, 0.05) is 38.3 Å². The lowest BCUT2D eigenvalue weighted by Gasteiger charge is -2.20. The van der Waals surface area contributed by atoms with Crippen LogP contribution in [0.4, 0.5) is 0 Å². The van der Waals surface area contributed by atoms with E-state index >= 15 is 0 Å². The molecule has 0 atom stereocenters. The van der Waals surface area contributed by atoms with Crippen molar-refractivity contribution in [1.82, 2.24) is 9.47 Å². The lowest BCUT2D eigenvalue weighted by molar-refractivity contribution is -0.131. The zero-order valence-corrected chi connectivity index (χ0v) is 12.6. The number of hydrogen-bond acceptors (Lipinski definition) is 2. The molecule has 114 valence electrons. The van der Waals surface area contributed by atoms with Crippen LogP contribution in [0.5, 0.6) is 0 Å². The van der Waals surface area contributed by atoms with E-state index in [9.17, 15) is 9.59 Å². The van der Waals surface area contributed by atoms with Gasteiger partial charge in [0.1, 0.15) is 0 Å². The molecule has 2 aromatic rings. The largest absolute Gasteiger partial charge is 0.342 e. The molecular weight excluding hydrogens is 276 g/mol. The summed E-state index contributed by atoms with van der Waals surface area (Å²) in [5.41, 5.74) is 2.63. The van der Waals surface area contributed by atoms with Crippen LogP contribution in [0.1, 0.15) is 17.5 Å². The summed E-state index contributed by atoms with van der Waals surface area (Å²) in [5.74, 6) is 0.128. The first-order chi connectivity index (χ1) is 10.7. The third kappa shape index (κ3) is 3.27. The standard InChI is InChI=1S/C18H20N2O2/c21-17-7-3-4-11-19(17)14-10-18(22)20-12-8-15-5-1-2-6-16(15)9-13-20/h1-7,11H,8-10,12-14H2. The third-order valence-corrected chi connectivity index (χ3v) is 4.24. The highest BCUT2D eigenvalue weighted by Crippen LogP contribution is 2.16. The number of amides is 1. The number of nitrogens with zero attached hydrogens (tertiary/aromatic N) is 2. The maximum atomic E-state index is 12.4. The number of benzene rings is 1. The minimum absolute atomic E-state index is 0.0569. The molecule has 0 N–H and O–H groups in total. The molecule has 22 heavy (non-hydrogen) atoms. The highest BCUT2D eigenvalue weighted by atomic mass is 16.2. The summed E-state index contributed by atoms with van der Waals surface area (Å²) < 4.78 is 1.59. The van der Waals surface area contributed by atoms with Crippen LogP contribution >= 0.6 is 0 Å². The molecule has 1 aromatic heterocycles. The van der Waals surface area contributed by atoms with E-state index in [1.165, 1.54) is 17.2 Å². The second kappa shape index (κ2) is 6.60. The van der Waals surface area contributed by atoms with E-state index in [-0.39, 0.29) is 11.5 Å². The van der Waals surface area contributed by atoms with Crippen LogP contribution in [0.25, 0.3) is 0 Å². The number of rotatable bonds is 3. The molecule has 4 heteroatoms. The lowest BCUT2D eigenvalue weighted by atomic mass is 10.0. The van der Waals surface area contributed by atoms with Crippen LogP contribution in [0, 0.1) is 0 Å². The van der Waals surface area contributed by atoms with E-state index < -0.39 is 0 Å². The molecule has 0 unspecified atom stereocenters. The maximum Gasteiger partial charge on any atom is 0.250 e. The summed E-state index contributed by atoms with van der Waals surface area (Å²) >= 11 is 0. The van der Waals surface area contributed by atoms with E-state index in [0.29, 0.717) is 13.0 Å². The molecule has 1 aliphatic rings. The van der Waals surface area contributed by atoms with Gasteiger partial charge in [-0.25, -0.2) is 0 Å². The minimum atomic E-state index is -0.0569. The Hall–Kier alpha value is -2.36. The zero-order chi connectivity index (χ0) is 15.4. The summed E-state index contributed by atoms with van der Waals surface area (Å²) in [6, 6.07) is 13.4. The molecule has 0 saturated carbocycles. The molecule has 4 nitrogen and oxygen atoms in total. The summed E-state index contributed by atoms with van der Waals surface area (Å²) in [6.07, 6.45) is 3.93. The van der Waals surface area contributed by atoms with Gasteiger partial charge in [0.15, 0.2) is 0 Å². The van der Waals surface area contributed by atoms with E-state index in [1.807, 2.05) is 11.0 Å². The lowest BCUT2D eigenvalue weighted by Crippen LogP contribution is -2.34. The van der Waals surface area contributed by atoms with E-state index in [1.54, 1.807) is 16.8 Å². The fraction of sp³-hybridized carbons (Fsp3) is 0.333. The van der Waals surface area contributed by atoms with Crippen LogP contribution in [-0.2, 0) is 24.2 Å². The van der Waals surface area contributed by atoms with E-state index in [4.69, 9.17) is 0 Å². The molecule has 0 saturated heterocycles. The van der Waals surface area contributed by atoms with Crippen LogP contribution in [0.15, 0.2) is 53.5 Å². The highest BCUT2D eigenvalue weighted by Gasteiger charge is 2.17. The molecule has 2 heterocycles. The number of carbonyl (C=O) groups excluding carboxylic acids is 1. The highest BCUT2D eigenvalue weighted by molar-refractivity contribution is 5.76. The van der Waals surface area contributed by atoms with Gasteiger partial charge in [-0.1, -0.05) is 30.3 Å². The van der Waals surface area contributed by atoms with Crippen LogP contribution in [0.2, 0.25) is 0 Å². The predicted molar refractivity (Wildman–Crippen MR) is 85.7 cm³/mol. The fourth-order valence-electron chi connectivity index (χ4n) is 2.94. The average molecular weight is 296 g/mol. The van der Waals surface area contributed by atoms with Gasteiger partial charge >= 0.3 is 0 Å². The van der Waals surface area contributed by atoms with Crippen LogP contribution in [0.3, 0.4) is 0 Å². The summed E-state index contributed by atoms with van der Waals surface area (Å²) in [4.78, 5) is 26.0. The van der Waals surface area contributed by atoms with Gasteiger partial charge in [0.05, 0.1) is 0 Å². The maximum absolute atomic E-state index is 12.4. The molecule has 3 rings (SSSR count). The average Bonchev–Trinajstić information content (AvgIpc) is 2.76. The smallest absolute Gasteiger partial charge is 0.250 e. The zero-order valence-electron chi connectivity index (χ0n) is 12.6. The van der Waals surface area contributed by atoms with Crippen molar-refractivity contribution in [3.63, 3.8) is 0 Å². The molecule has 0 fully saturated rings. The molecule has 0 aliphatic carbocycles. The number of aromatic nitrogens is 1. The molecular formula is C18H20N2O2. The van der Waals surface area contributed by atoms with Crippen molar-refractivity contribution >= 4 is 5.91 Å². The van der Waals surface area contributed by atoms with Crippen LogP contribution < -0.4 is 5.56 Å². The van der Waals surface area contributed by atoms with Gasteiger partial charge in [0.2, 0.25) is 5.91 Å². The quantitative estimate of drug-likeness (QED) is 0.867. The Bertz CT molecular complexity index is 694. The van der Waals surface area contributed by atoms with Gasteiger partial charge in [0.25, 0.3) is 5.56 Å². The Morgan fingerprint density at radius 2 is 1.59 bits per heavy atom. The Morgan fingerprint density at radius 3 is 2.23 bits per heavy atom. The first kappa shape index (κ1) is 14.6. The second-order valence-corrected chi connectivity index (χ2v) is 5.63. The second-order valence-electron chi connectivity index (χ2n) is 5.63. The predicted octanol–water partition coefficient (Wildman–Crippen LogP) is 1.87. The third-order valence-electron chi connectivity index (χ3n) is 4.24. The summed E-state index contributed by atoms with van der Waals surface area (Å²) in [6.45, 7) is 1.97. The van der Waals surface area contributed by atoms with Gasteiger partial charge in [-0.15, -0.1) is 0 Å². The van der Waals surface area contributed by atoms with Gasteiger partial charge in [-0.05, 0) is 30.0 Å². The van der Waals surface area contributed by atoms with E-state index in [0.717, 1.165) is 25.9 Å². The number of pyridine rings is 1. The SMILES string of the molecule is O=C(CCn1ccccc1=O)N1CCc2ccccc2CC1. The van der Waals surface area contributed by atoms with Crippen LogP contribution in [-0.4, -0.2) is 28.5 Å². The Balaban J connectivity index is 1.60. The number of aryl methyl sites for hydroxylation is 1. The minimum Gasteiger partial charge on any atom is -0.342 e. The number of carbonyl (C=O) groups is 1. The first-order valence-electron chi connectivity index (χ1n) is 7.74. The topological polar surface area (TPSA) is 42.3 Å². The first-order valence-corrected chi connectivity index (χ1v) is 7.74. The number of fused-ring (bicyclic) bond motifs is 1. The fourth-order valence-corrected chi connectivity index (χ4v) is 2.94. The van der Waals surface area contributed by atoms with Crippen molar-refractivity contribution in [3.8, 4) is 0 Å². The number of hydrogen-bond donors (Lipinski definition) is 0. The van der Waals surface area contributed by atoms with E-state index in [2.05, 4.69) is 24.3 Å². The molecule has 0 bridgehead atoms. The normalized spacial score (nSPS) is 14.3. The Kier molecular flexibility index (Phi) is 4.37.